The van der Waals surface area contributed by atoms with Crippen LogP contribution < -0.4 is 9.47 Å². The Morgan fingerprint density at radius 3 is 2.00 bits per heavy atom. The molecule has 23 heavy (non-hydrogen) atoms. The van der Waals surface area contributed by atoms with E-state index in [4.69, 9.17) is 9.47 Å². The largest absolute Gasteiger partial charge is 0.472 e. The van der Waals surface area contributed by atoms with Crippen LogP contribution in [0.4, 0.5) is 0 Å². The molecule has 1 radical (unpaired) electrons. The van der Waals surface area contributed by atoms with Gasteiger partial charge in [0, 0.05) is 0 Å². The molecule has 0 amide bonds. The monoisotopic (exact) mass is 369 g/mol. The fourth-order valence-corrected chi connectivity index (χ4v) is 2.21. The Morgan fingerprint density at radius 2 is 1.39 bits per heavy atom. The maximum absolute atomic E-state index is 5.71. The minimum absolute atomic E-state index is 0.236. The number of halogens is 1. The predicted molar refractivity (Wildman–Crippen MR) is 90.1 cm³/mol. The highest BCUT2D eigenvalue weighted by atomic mass is 79.9. The number of rotatable bonds is 6. The lowest BCUT2D eigenvalue weighted by molar-refractivity contribution is 0.256. The van der Waals surface area contributed by atoms with Gasteiger partial charge in [-0.3, -0.25) is 0 Å². The molecule has 4 nitrogen and oxygen atoms in total. The number of aromatic nitrogens is 2. The lowest BCUT2D eigenvalue weighted by atomic mass is 10.2. The number of benzene rings is 2. The van der Waals surface area contributed by atoms with E-state index in [2.05, 4.69) is 32.1 Å². The van der Waals surface area contributed by atoms with Gasteiger partial charge in [-0.15, -0.1) is 0 Å². The molecule has 0 aliphatic rings. The molecule has 3 rings (SSSR count). The van der Waals surface area contributed by atoms with Gasteiger partial charge in [0.15, 0.2) is 0 Å². The topological polar surface area (TPSA) is 44.2 Å². The Kier molecular flexibility index (Phi) is 5.21. The second-order valence-corrected chi connectivity index (χ2v) is 5.58. The molecule has 0 aliphatic carbocycles. The number of hydrogen-bond acceptors (Lipinski definition) is 4. The van der Waals surface area contributed by atoms with Crippen LogP contribution in [0.1, 0.15) is 11.1 Å². The summed E-state index contributed by atoms with van der Waals surface area (Å²) in [6.45, 7) is 0.816. The Balaban J connectivity index is 1.64. The third kappa shape index (κ3) is 4.53. The summed E-state index contributed by atoms with van der Waals surface area (Å²) < 4.78 is 11.9. The van der Waals surface area contributed by atoms with Crippen molar-refractivity contribution in [3.8, 4) is 11.9 Å². The minimum atomic E-state index is 0.236. The molecule has 0 aliphatic heterocycles. The van der Waals surface area contributed by atoms with Crippen LogP contribution in [-0.2, 0) is 13.2 Å². The van der Waals surface area contributed by atoms with Gasteiger partial charge >= 0.3 is 6.01 Å². The Labute approximate surface area is 143 Å². The van der Waals surface area contributed by atoms with Gasteiger partial charge in [0.1, 0.15) is 23.9 Å². The summed E-state index contributed by atoms with van der Waals surface area (Å²) in [6, 6.07) is 20.0. The highest BCUT2D eigenvalue weighted by molar-refractivity contribution is 9.10. The van der Waals surface area contributed by atoms with Crippen molar-refractivity contribution >= 4 is 15.9 Å². The van der Waals surface area contributed by atoms with Crippen LogP contribution in [-0.4, -0.2) is 9.97 Å². The van der Waals surface area contributed by atoms with Gasteiger partial charge in [-0.1, -0.05) is 60.7 Å². The molecule has 0 atom stereocenters. The van der Waals surface area contributed by atoms with Crippen LogP contribution in [0, 0.1) is 6.20 Å². The maximum atomic E-state index is 5.71. The van der Waals surface area contributed by atoms with E-state index < -0.39 is 0 Å². The van der Waals surface area contributed by atoms with Crippen LogP contribution in [0.2, 0.25) is 0 Å². The third-order valence-corrected chi connectivity index (χ3v) is 3.58. The average molecular weight is 370 g/mol. The van der Waals surface area contributed by atoms with Crippen molar-refractivity contribution in [1.29, 1.82) is 0 Å². The fourth-order valence-electron chi connectivity index (χ4n) is 1.91. The molecule has 0 N–H and O–H groups in total. The summed E-state index contributed by atoms with van der Waals surface area (Å²) in [5.41, 5.74) is 2.11. The molecular weight excluding hydrogens is 356 g/mol. The lowest BCUT2D eigenvalue weighted by Gasteiger charge is -2.09. The van der Waals surface area contributed by atoms with Crippen LogP contribution in [0.3, 0.4) is 0 Å². The van der Waals surface area contributed by atoms with Gasteiger partial charge in [0.2, 0.25) is 5.88 Å². The standard InChI is InChI=1S/C18H14BrN2O2/c19-16-11-20-18(23-13-15-9-5-2-6-10-15)21-17(16)22-12-14-7-3-1-4-8-14/h1-10H,12-13H2. The average Bonchev–Trinajstić information content (AvgIpc) is 2.62. The van der Waals surface area contributed by atoms with E-state index in [0.717, 1.165) is 11.1 Å². The fraction of sp³-hybridized carbons (Fsp3) is 0.111. The van der Waals surface area contributed by atoms with Gasteiger partial charge in [0.05, 0.1) is 0 Å². The zero-order valence-corrected chi connectivity index (χ0v) is 13.9. The quantitative estimate of drug-likeness (QED) is 0.653. The normalized spacial score (nSPS) is 10.3. The van der Waals surface area contributed by atoms with Crippen molar-refractivity contribution in [1.82, 2.24) is 9.97 Å². The maximum Gasteiger partial charge on any atom is 0.320 e. The second kappa shape index (κ2) is 7.74. The van der Waals surface area contributed by atoms with Crippen LogP contribution >= 0.6 is 15.9 Å². The Bertz CT molecular complexity index is 751. The Morgan fingerprint density at radius 1 is 0.826 bits per heavy atom. The molecule has 0 fully saturated rings. The van der Waals surface area contributed by atoms with Crippen molar-refractivity contribution in [2.24, 2.45) is 0 Å². The summed E-state index contributed by atoms with van der Waals surface area (Å²) >= 11 is 3.34. The molecular formula is C18H14BrN2O2. The summed E-state index contributed by atoms with van der Waals surface area (Å²) in [7, 11) is 0. The van der Waals surface area contributed by atoms with E-state index in [-0.39, 0.29) is 6.01 Å². The third-order valence-electron chi connectivity index (χ3n) is 3.06. The first-order chi connectivity index (χ1) is 11.3. The van der Waals surface area contributed by atoms with E-state index in [1.165, 1.54) is 0 Å². The highest BCUT2D eigenvalue weighted by Crippen LogP contribution is 2.24. The Hall–Kier alpha value is -2.40. The van der Waals surface area contributed by atoms with Crippen molar-refractivity contribution in [3.05, 3.63) is 82.5 Å². The van der Waals surface area contributed by atoms with Crippen molar-refractivity contribution in [3.63, 3.8) is 0 Å². The van der Waals surface area contributed by atoms with Crippen molar-refractivity contribution in [2.45, 2.75) is 13.2 Å². The molecule has 0 bridgehead atoms. The summed E-state index contributed by atoms with van der Waals surface area (Å²) in [5.74, 6) is 0.409. The van der Waals surface area contributed by atoms with E-state index in [0.29, 0.717) is 23.6 Å². The lowest BCUT2D eigenvalue weighted by Crippen LogP contribution is -2.03. The molecule has 1 aromatic heterocycles. The first-order valence-corrected chi connectivity index (χ1v) is 7.89. The zero-order chi connectivity index (χ0) is 15.9. The van der Waals surface area contributed by atoms with Gasteiger partial charge in [-0.25, -0.2) is 0 Å². The van der Waals surface area contributed by atoms with Gasteiger partial charge in [-0.2, -0.15) is 9.97 Å². The molecule has 2 aromatic carbocycles. The van der Waals surface area contributed by atoms with Crippen molar-refractivity contribution in [2.75, 3.05) is 0 Å². The molecule has 5 heteroatoms. The van der Waals surface area contributed by atoms with Crippen LogP contribution in [0.15, 0.2) is 65.1 Å². The number of hydrogen-bond donors (Lipinski definition) is 0. The first-order valence-electron chi connectivity index (χ1n) is 7.10. The minimum Gasteiger partial charge on any atom is -0.472 e. The summed E-state index contributed by atoms with van der Waals surface area (Å²) in [6.07, 6.45) is 2.80. The van der Waals surface area contributed by atoms with E-state index in [9.17, 15) is 0 Å². The van der Waals surface area contributed by atoms with Gasteiger partial charge in [0.25, 0.3) is 0 Å². The first kappa shape index (κ1) is 15.5. The molecule has 0 saturated carbocycles. The molecule has 1 heterocycles. The van der Waals surface area contributed by atoms with Gasteiger partial charge in [-0.05, 0) is 27.1 Å². The molecule has 0 unspecified atom stereocenters. The van der Waals surface area contributed by atoms with E-state index in [1.807, 2.05) is 60.7 Å². The highest BCUT2D eigenvalue weighted by Gasteiger charge is 2.08. The molecule has 115 valence electrons. The van der Waals surface area contributed by atoms with E-state index >= 15 is 0 Å². The SMILES string of the molecule is Brc1[c]nc(OCc2ccccc2)nc1OCc1ccccc1. The van der Waals surface area contributed by atoms with Gasteiger partial charge < -0.3 is 9.47 Å². The predicted octanol–water partition coefficient (Wildman–Crippen LogP) is 4.20. The molecule has 3 aromatic rings. The van der Waals surface area contributed by atoms with Crippen LogP contribution in [0.25, 0.3) is 0 Å². The van der Waals surface area contributed by atoms with E-state index in [1.54, 1.807) is 0 Å². The summed E-state index contributed by atoms with van der Waals surface area (Å²) in [5, 5.41) is 0. The molecule has 0 spiro atoms. The summed E-state index contributed by atoms with van der Waals surface area (Å²) in [4.78, 5) is 8.29. The smallest absolute Gasteiger partial charge is 0.320 e. The zero-order valence-electron chi connectivity index (χ0n) is 12.3. The number of ether oxygens (including phenoxy) is 2. The van der Waals surface area contributed by atoms with Crippen molar-refractivity contribution < 1.29 is 9.47 Å². The number of nitrogens with zero attached hydrogens (tertiary/aromatic N) is 2. The van der Waals surface area contributed by atoms with Crippen LogP contribution in [0.5, 0.6) is 11.9 Å². The second-order valence-electron chi connectivity index (χ2n) is 4.79. The molecule has 0 saturated heterocycles.